The van der Waals surface area contributed by atoms with Crippen molar-refractivity contribution in [1.82, 2.24) is 5.32 Å². The van der Waals surface area contributed by atoms with Gasteiger partial charge in [-0.1, -0.05) is 32.0 Å². The number of thioether (sulfide) groups is 1. The van der Waals surface area contributed by atoms with E-state index in [9.17, 15) is 4.39 Å². The molecule has 1 unspecified atom stereocenters. The Balaban J connectivity index is 2.55. The Morgan fingerprint density at radius 1 is 1.26 bits per heavy atom. The molecule has 0 saturated carbocycles. The fraction of sp³-hybridized carbons (Fsp3) is 0.625. The van der Waals surface area contributed by atoms with E-state index in [-0.39, 0.29) is 5.82 Å². The van der Waals surface area contributed by atoms with Crippen LogP contribution in [0.5, 0.6) is 0 Å². The minimum atomic E-state index is -0.0612. The highest BCUT2D eigenvalue weighted by Crippen LogP contribution is 2.24. The summed E-state index contributed by atoms with van der Waals surface area (Å²) >= 11 is 1.96. The van der Waals surface area contributed by atoms with E-state index in [1.807, 2.05) is 23.9 Å². The van der Waals surface area contributed by atoms with E-state index < -0.39 is 0 Å². The Morgan fingerprint density at radius 3 is 2.74 bits per heavy atom. The molecule has 1 N–H and O–H groups in total. The van der Waals surface area contributed by atoms with Crippen molar-refractivity contribution < 1.29 is 4.39 Å². The average molecular weight is 283 g/mol. The molecule has 0 heterocycles. The molecule has 19 heavy (non-hydrogen) atoms. The Hall–Kier alpha value is -0.540. The van der Waals surface area contributed by atoms with Crippen LogP contribution in [0, 0.1) is 5.82 Å². The van der Waals surface area contributed by atoms with Gasteiger partial charge in [-0.05, 0) is 54.9 Å². The van der Waals surface area contributed by atoms with Gasteiger partial charge in [0.05, 0.1) is 0 Å². The van der Waals surface area contributed by atoms with Crippen LogP contribution in [-0.2, 0) is 0 Å². The fourth-order valence-electron chi connectivity index (χ4n) is 2.20. The molecule has 0 amide bonds. The second-order valence-corrected chi connectivity index (χ2v) is 6.16. The van der Waals surface area contributed by atoms with Crippen molar-refractivity contribution in [2.45, 2.75) is 39.0 Å². The van der Waals surface area contributed by atoms with Gasteiger partial charge in [-0.25, -0.2) is 4.39 Å². The van der Waals surface area contributed by atoms with Gasteiger partial charge in [0, 0.05) is 6.54 Å². The molecule has 0 aromatic heterocycles. The minimum Gasteiger partial charge on any atom is -0.316 e. The lowest BCUT2D eigenvalue weighted by atomic mass is 9.94. The van der Waals surface area contributed by atoms with Gasteiger partial charge < -0.3 is 5.32 Å². The summed E-state index contributed by atoms with van der Waals surface area (Å²) in [5, 5.41) is 3.43. The smallest absolute Gasteiger partial charge is 0.126 e. The fourth-order valence-corrected chi connectivity index (χ4v) is 2.86. The van der Waals surface area contributed by atoms with Crippen molar-refractivity contribution in [3.05, 3.63) is 35.6 Å². The van der Waals surface area contributed by atoms with Gasteiger partial charge in [0.25, 0.3) is 0 Å². The highest BCUT2D eigenvalue weighted by Gasteiger charge is 2.14. The lowest BCUT2D eigenvalue weighted by molar-refractivity contribution is 0.513. The van der Waals surface area contributed by atoms with Crippen molar-refractivity contribution >= 4 is 11.8 Å². The second-order valence-electron chi connectivity index (χ2n) is 4.76. The monoisotopic (exact) mass is 283 g/mol. The molecule has 0 fully saturated rings. The first-order valence-corrected chi connectivity index (χ1v) is 8.47. The first kappa shape index (κ1) is 16.5. The second kappa shape index (κ2) is 10.3. The van der Waals surface area contributed by atoms with Crippen molar-refractivity contribution in [3.8, 4) is 0 Å². The van der Waals surface area contributed by atoms with Crippen LogP contribution in [0.15, 0.2) is 24.3 Å². The van der Waals surface area contributed by atoms with Crippen molar-refractivity contribution in [2.24, 2.45) is 0 Å². The van der Waals surface area contributed by atoms with Crippen LogP contribution in [-0.4, -0.2) is 24.6 Å². The summed E-state index contributed by atoms with van der Waals surface area (Å²) in [6.45, 7) is 6.23. The molecule has 108 valence electrons. The molecule has 1 nitrogen and oxygen atoms in total. The van der Waals surface area contributed by atoms with E-state index in [1.54, 1.807) is 12.1 Å². The molecule has 0 aliphatic heterocycles. The molecule has 0 spiro atoms. The van der Waals surface area contributed by atoms with E-state index in [4.69, 9.17) is 0 Å². The van der Waals surface area contributed by atoms with Crippen LogP contribution in [0.25, 0.3) is 0 Å². The van der Waals surface area contributed by atoms with Gasteiger partial charge in [0.15, 0.2) is 0 Å². The zero-order chi connectivity index (χ0) is 13.9. The van der Waals surface area contributed by atoms with Crippen LogP contribution in [0.1, 0.15) is 44.6 Å². The molecule has 0 bridgehead atoms. The SMILES string of the molecule is CCCNCC(CCCSCC)c1ccccc1F. The first-order valence-electron chi connectivity index (χ1n) is 7.32. The molecule has 0 aliphatic rings. The summed E-state index contributed by atoms with van der Waals surface area (Å²) < 4.78 is 13.9. The number of benzene rings is 1. The molecule has 0 aliphatic carbocycles. The third kappa shape index (κ3) is 6.44. The quantitative estimate of drug-likeness (QED) is 0.637. The van der Waals surface area contributed by atoms with Crippen LogP contribution >= 0.6 is 11.8 Å². The zero-order valence-electron chi connectivity index (χ0n) is 12.1. The highest BCUT2D eigenvalue weighted by molar-refractivity contribution is 7.99. The van der Waals surface area contributed by atoms with Gasteiger partial charge in [0.1, 0.15) is 5.82 Å². The van der Waals surface area contributed by atoms with Gasteiger partial charge in [-0.3, -0.25) is 0 Å². The summed E-state index contributed by atoms with van der Waals surface area (Å²) in [5.41, 5.74) is 0.868. The number of nitrogens with one attached hydrogen (secondary N) is 1. The molecule has 3 heteroatoms. The lowest BCUT2D eigenvalue weighted by Crippen LogP contribution is -2.23. The van der Waals surface area contributed by atoms with E-state index in [1.165, 1.54) is 11.5 Å². The minimum absolute atomic E-state index is 0.0612. The summed E-state index contributed by atoms with van der Waals surface area (Å²) in [6, 6.07) is 7.21. The molecule has 1 rings (SSSR count). The van der Waals surface area contributed by atoms with Crippen LogP contribution in [0.3, 0.4) is 0 Å². The van der Waals surface area contributed by atoms with Gasteiger partial charge >= 0.3 is 0 Å². The molecular weight excluding hydrogens is 257 g/mol. The molecule has 1 atom stereocenters. The average Bonchev–Trinajstić information content (AvgIpc) is 2.42. The number of halogens is 1. The summed E-state index contributed by atoms with van der Waals surface area (Å²) in [6.07, 6.45) is 3.34. The van der Waals surface area contributed by atoms with Gasteiger partial charge in [-0.2, -0.15) is 11.8 Å². The highest BCUT2D eigenvalue weighted by atomic mass is 32.2. The largest absolute Gasteiger partial charge is 0.316 e. The maximum atomic E-state index is 13.9. The predicted octanol–water partition coefficient (Wildman–Crippen LogP) is 4.44. The van der Waals surface area contributed by atoms with Crippen LogP contribution in [0.2, 0.25) is 0 Å². The molecule has 0 saturated heterocycles. The Kier molecular flexibility index (Phi) is 8.93. The molecular formula is C16H26FNS. The predicted molar refractivity (Wildman–Crippen MR) is 84.5 cm³/mol. The standard InChI is InChI=1S/C16H26FNS/c1-3-11-18-13-14(8-7-12-19-4-2)15-9-5-6-10-16(15)17/h5-6,9-10,14,18H,3-4,7-8,11-13H2,1-2H3. The van der Waals surface area contributed by atoms with Gasteiger partial charge in [0.2, 0.25) is 0 Å². The zero-order valence-corrected chi connectivity index (χ0v) is 12.9. The number of hydrogen-bond donors (Lipinski definition) is 1. The number of rotatable bonds is 10. The van der Waals surface area contributed by atoms with Gasteiger partial charge in [-0.15, -0.1) is 0 Å². The van der Waals surface area contributed by atoms with E-state index in [0.29, 0.717) is 5.92 Å². The molecule has 1 aromatic rings. The van der Waals surface area contributed by atoms with E-state index in [0.717, 1.165) is 37.9 Å². The van der Waals surface area contributed by atoms with E-state index >= 15 is 0 Å². The Morgan fingerprint density at radius 2 is 2.05 bits per heavy atom. The molecule has 1 aromatic carbocycles. The first-order chi connectivity index (χ1) is 9.29. The normalized spacial score (nSPS) is 12.6. The third-order valence-corrected chi connectivity index (χ3v) is 4.19. The Labute approximate surface area is 121 Å². The van der Waals surface area contributed by atoms with Crippen LogP contribution in [0.4, 0.5) is 4.39 Å². The summed E-state index contributed by atoms with van der Waals surface area (Å²) in [7, 11) is 0. The van der Waals surface area contributed by atoms with Crippen LogP contribution < -0.4 is 5.32 Å². The number of hydrogen-bond acceptors (Lipinski definition) is 2. The van der Waals surface area contributed by atoms with Crippen molar-refractivity contribution in [1.29, 1.82) is 0 Å². The summed E-state index contributed by atoms with van der Waals surface area (Å²) in [4.78, 5) is 0. The third-order valence-electron chi connectivity index (χ3n) is 3.21. The Bertz CT molecular complexity index is 343. The summed E-state index contributed by atoms with van der Waals surface area (Å²) in [5.74, 6) is 2.58. The topological polar surface area (TPSA) is 12.0 Å². The maximum Gasteiger partial charge on any atom is 0.126 e. The molecule has 0 radical (unpaired) electrons. The van der Waals surface area contributed by atoms with E-state index in [2.05, 4.69) is 19.2 Å². The van der Waals surface area contributed by atoms with Crippen molar-refractivity contribution in [3.63, 3.8) is 0 Å². The maximum absolute atomic E-state index is 13.9. The van der Waals surface area contributed by atoms with Crippen molar-refractivity contribution in [2.75, 3.05) is 24.6 Å². The lowest BCUT2D eigenvalue weighted by Gasteiger charge is -2.18.